The van der Waals surface area contributed by atoms with Crippen LogP contribution in [0, 0.1) is 6.92 Å². The molecule has 1 saturated heterocycles. The van der Waals surface area contributed by atoms with E-state index in [1.165, 1.54) is 16.7 Å². The maximum Gasteiger partial charge on any atom is 0.296 e. The van der Waals surface area contributed by atoms with E-state index < -0.39 is 0 Å². The summed E-state index contributed by atoms with van der Waals surface area (Å²) in [6.45, 7) is 3.86. The number of nitrogens with zero attached hydrogens (tertiary/aromatic N) is 3. The van der Waals surface area contributed by atoms with Gasteiger partial charge in [0.25, 0.3) is 11.5 Å². The standard InChI is InChI=1S/C24H21N3O3S2/c1-14-11-17-12-16(9-10-19(17)30-14)13-20-22(28)26(24(31)32-20)21-15(2)25(3)27(23(21)29)18-7-5-4-6-8-18/h4-10,12-14H,11H2,1-3H3/b20-13+. The van der Waals surface area contributed by atoms with Crippen molar-refractivity contribution in [2.75, 3.05) is 4.90 Å². The molecule has 6 nitrogen and oxygen atoms in total. The van der Waals surface area contributed by atoms with Crippen LogP contribution in [-0.4, -0.2) is 25.7 Å². The molecule has 1 amide bonds. The maximum absolute atomic E-state index is 13.4. The Labute approximate surface area is 195 Å². The van der Waals surface area contributed by atoms with Gasteiger partial charge < -0.3 is 4.74 Å². The number of carbonyl (C=O) groups excluding carboxylic acids is 1. The van der Waals surface area contributed by atoms with E-state index in [-0.39, 0.29) is 17.6 Å². The number of fused-ring (bicyclic) bond motifs is 1. The van der Waals surface area contributed by atoms with E-state index in [1.807, 2.05) is 68.5 Å². The summed E-state index contributed by atoms with van der Waals surface area (Å²) in [5, 5.41) is 0. The number of rotatable bonds is 3. The van der Waals surface area contributed by atoms with Crippen molar-refractivity contribution in [3.05, 3.63) is 80.6 Å². The first-order chi connectivity index (χ1) is 15.3. The summed E-state index contributed by atoms with van der Waals surface area (Å²) >= 11 is 6.74. The van der Waals surface area contributed by atoms with Crippen LogP contribution >= 0.6 is 24.0 Å². The zero-order chi connectivity index (χ0) is 22.6. The molecule has 1 unspecified atom stereocenters. The van der Waals surface area contributed by atoms with Crippen LogP contribution in [0.2, 0.25) is 0 Å². The Morgan fingerprint density at radius 2 is 1.91 bits per heavy atom. The van der Waals surface area contributed by atoms with E-state index in [4.69, 9.17) is 17.0 Å². The first kappa shape index (κ1) is 20.8. The van der Waals surface area contributed by atoms with E-state index in [9.17, 15) is 9.59 Å². The van der Waals surface area contributed by atoms with Crippen molar-refractivity contribution in [2.45, 2.75) is 26.4 Å². The molecule has 3 heterocycles. The second-order valence-electron chi connectivity index (χ2n) is 7.93. The van der Waals surface area contributed by atoms with Crippen LogP contribution in [0.15, 0.2) is 58.2 Å². The average molecular weight is 464 g/mol. The van der Waals surface area contributed by atoms with Crippen LogP contribution in [0.5, 0.6) is 5.75 Å². The number of para-hydroxylation sites is 1. The van der Waals surface area contributed by atoms with E-state index in [0.29, 0.717) is 20.6 Å². The number of aromatic nitrogens is 2. The molecule has 0 saturated carbocycles. The third-order valence-corrected chi connectivity index (χ3v) is 7.06. The molecule has 3 aromatic rings. The van der Waals surface area contributed by atoms with Crippen molar-refractivity contribution in [2.24, 2.45) is 7.05 Å². The SMILES string of the molecule is Cc1c(N2C(=O)/C(=C\c3ccc4c(c3)CC(C)O4)SC2=S)c(=O)n(-c2ccccc2)n1C. The zero-order valence-corrected chi connectivity index (χ0v) is 19.5. The zero-order valence-electron chi connectivity index (χ0n) is 17.9. The summed E-state index contributed by atoms with van der Waals surface area (Å²) in [5.41, 5.74) is 3.45. The fourth-order valence-electron chi connectivity index (χ4n) is 4.16. The summed E-state index contributed by atoms with van der Waals surface area (Å²) in [6, 6.07) is 15.2. The molecule has 162 valence electrons. The predicted molar refractivity (Wildman–Crippen MR) is 132 cm³/mol. The molecule has 0 N–H and O–H groups in total. The fourth-order valence-corrected chi connectivity index (χ4v) is 5.43. The fraction of sp³-hybridized carbons (Fsp3) is 0.208. The summed E-state index contributed by atoms with van der Waals surface area (Å²) in [7, 11) is 1.80. The van der Waals surface area contributed by atoms with Crippen LogP contribution in [-0.2, 0) is 18.3 Å². The van der Waals surface area contributed by atoms with Gasteiger partial charge in [-0.3, -0.25) is 19.2 Å². The number of ether oxygens (including phenoxy) is 1. The number of thiocarbonyl (C=S) groups is 1. The molecule has 1 aromatic heterocycles. The number of amides is 1. The second kappa shape index (κ2) is 7.79. The largest absolute Gasteiger partial charge is 0.490 e. The van der Waals surface area contributed by atoms with Gasteiger partial charge in [-0.25, -0.2) is 4.68 Å². The number of hydrogen-bond donors (Lipinski definition) is 0. The normalized spacial score (nSPS) is 19.0. The summed E-state index contributed by atoms with van der Waals surface area (Å²) in [5.74, 6) is 0.611. The monoisotopic (exact) mass is 463 g/mol. The van der Waals surface area contributed by atoms with E-state index in [1.54, 1.807) is 16.4 Å². The van der Waals surface area contributed by atoms with Gasteiger partial charge in [-0.2, -0.15) is 0 Å². The summed E-state index contributed by atoms with van der Waals surface area (Å²) in [6.07, 6.45) is 2.84. The van der Waals surface area contributed by atoms with Crippen molar-refractivity contribution in [1.82, 2.24) is 9.36 Å². The molecule has 0 bridgehead atoms. The number of anilines is 1. The Morgan fingerprint density at radius 1 is 1.16 bits per heavy atom. The molecule has 0 spiro atoms. The highest BCUT2D eigenvalue weighted by atomic mass is 32.2. The van der Waals surface area contributed by atoms with Crippen LogP contribution < -0.4 is 15.2 Å². The number of carbonyl (C=O) groups is 1. The minimum atomic E-state index is -0.281. The number of hydrogen-bond acceptors (Lipinski definition) is 5. The van der Waals surface area contributed by atoms with Gasteiger partial charge >= 0.3 is 0 Å². The van der Waals surface area contributed by atoms with Gasteiger partial charge in [0.15, 0.2) is 4.32 Å². The van der Waals surface area contributed by atoms with Crippen LogP contribution in [0.3, 0.4) is 0 Å². The molecule has 32 heavy (non-hydrogen) atoms. The Morgan fingerprint density at radius 3 is 2.66 bits per heavy atom. The highest BCUT2D eigenvalue weighted by Gasteiger charge is 2.37. The van der Waals surface area contributed by atoms with E-state index >= 15 is 0 Å². The predicted octanol–water partition coefficient (Wildman–Crippen LogP) is 4.21. The molecular formula is C24H21N3O3S2. The first-order valence-corrected chi connectivity index (χ1v) is 11.5. The number of thioether (sulfide) groups is 1. The van der Waals surface area contributed by atoms with Crippen molar-refractivity contribution < 1.29 is 9.53 Å². The topological polar surface area (TPSA) is 56.5 Å². The number of benzene rings is 2. The van der Waals surface area contributed by atoms with Crippen molar-refractivity contribution in [3.63, 3.8) is 0 Å². The summed E-state index contributed by atoms with van der Waals surface area (Å²) < 4.78 is 9.41. The Bertz CT molecular complexity index is 1350. The van der Waals surface area contributed by atoms with Crippen LogP contribution in [0.25, 0.3) is 11.8 Å². The van der Waals surface area contributed by atoms with Gasteiger partial charge in [-0.05, 0) is 55.3 Å². The lowest BCUT2D eigenvalue weighted by Gasteiger charge is -2.12. The maximum atomic E-state index is 13.4. The van der Waals surface area contributed by atoms with Crippen molar-refractivity contribution >= 4 is 46.0 Å². The molecular weight excluding hydrogens is 442 g/mol. The smallest absolute Gasteiger partial charge is 0.296 e. The van der Waals surface area contributed by atoms with Gasteiger partial charge in [-0.1, -0.05) is 48.2 Å². The van der Waals surface area contributed by atoms with Gasteiger partial charge in [0.2, 0.25) is 0 Å². The minimum Gasteiger partial charge on any atom is -0.490 e. The lowest BCUT2D eigenvalue weighted by atomic mass is 10.1. The molecule has 8 heteroatoms. The quantitative estimate of drug-likeness (QED) is 0.430. The van der Waals surface area contributed by atoms with Crippen LogP contribution in [0.1, 0.15) is 23.7 Å². The summed E-state index contributed by atoms with van der Waals surface area (Å²) in [4.78, 5) is 28.6. The molecule has 2 aliphatic rings. The Kier molecular flexibility index (Phi) is 5.06. The van der Waals surface area contributed by atoms with E-state index in [0.717, 1.165) is 29.0 Å². The molecule has 0 aliphatic carbocycles. The molecule has 0 radical (unpaired) electrons. The third-order valence-electron chi connectivity index (χ3n) is 5.76. The highest BCUT2D eigenvalue weighted by molar-refractivity contribution is 8.27. The lowest BCUT2D eigenvalue weighted by molar-refractivity contribution is -0.113. The minimum absolute atomic E-state index is 0.159. The molecule has 2 aromatic carbocycles. The Balaban J connectivity index is 1.53. The first-order valence-electron chi connectivity index (χ1n) is 10.3. The van der Waals surface area contributed by atoms with Crippen molar-refractivity contribution in [1.29, 1.82) is 0 Å². The Hall–Kier alpha value is -3.10. The van der Waals surface area contributed by atoms with Gasteiger partial charge in [-0.15, -0.1) is 0 Å². The van der Waals surface area contributed by atoms with Crippen molar-refractivity contribution in [3.8, 4) is 11.4 Å². The lowest BCUT2D eigenvalue weighted by Crippen LogP contribution is -2.33. The highest BCUT2D eigenvalue weighted by Crippen LogP contribution is 2.37. The molecule has 1 atom stereocenters. The molecule has 5 rings (SSSR count). The average Bonchev–Trinajstić information content (AvgIpc) is 3.34. The molecule has 2 aliphatic heterocycles. The van der Waals surface area contributed by atoms with Gasteiger partial charge in [0.1, 0.15) is 17.5 Å². The van der Waals surface area contributed by atoms with Crippen LogP contribution in [0.4, 0.5) is 5.69 Å². The second-order valence-corrected chi connectivity index (χ2v) is 9.60. The van der Waals surface area contributed by atoms with E-state index in [2.05, 4.69) is 0 Å². The van der Waals surface area contributed by atoms with Gasteiger partial charge in [0, 0.05) is 13.5 Å². The van der Waals surface area contributed by atoms with Gasteiger partial charge in [0.05, 0.1) is 16.3 Å². The molecule has 1 fully saturated rings. The third kappa shape index (κ3) is 3.30.